The van der Waals surface area contributed by atoms with Crippen LogP contribution in [0.4, 0.5) is 27.6 Å². The molecule has 0 aliphatic heterocycles. The molecule has 0 spiro atoms. The minimum absolute atomic E-state index is 0.115. The molecule has 0 aliphatic carbocycles. The van der Waals surface area contributed by atoms with Crippen molar-refractivity contribution in [2.45, 2.75) is 19.6 Å². The fourth-order valence-electron chi connectivity index (χ4n) is 1.80. The molecule has 0 atom stereocenters. The first-order valence-electron chi connectivity index (χ1n) is 6.13. The molecule has 0 heterocycles. The third-order valence-corrected chi connectivity index (χ3v) is 3.00. The van der Waals surface area contributed by atoms with E-state index < -0.39 is 17.6 Å². The van der Waals surface area contributed by atoms with Gasteiger partial charge in [0, 0.05) is 12.2 Å². The molecule has 2 aromatic rings. The molecule has 2 rings (SSSR count). The molecule has 0 fully saturated rings. The van der Waals surface area contributed by atoms with Crippen LogP contribution in [0.2, 0.25) is 0 Å². The summed E-state index contributed by atoms with van der Waals surface area (Å²) in [6.45, 7) is 1.75. The van der Waals surface area contributed by atoms with Crippen LogP contribution in [0.3, 0.4) is 0 Å². The van der Waals surface area contributed by atoms with Crippen LogP contribution in [0.5, 0.6) is 0 Å². The standard InChI is InChI=1S/C15H12F5N/c1-9-2-3-10(6-14(9)17)8-21-11-4-5-13(16)12(7-11)15(18,19)20/h2-7,21H,8H2,1H3. The Morgan fingerprint density at radius 1 is 0.952 bits per heavy atom. The summed E-state index contributed by atoms with van der Waals surface area (Å²) >= 11 is 0. The summed E-state index contributed by atoms with van der Waals surface area (Å²) in [5.74, 6) is -1.71. The molecule has 0 saturated carbocycles. The van der Waals surface area contributed by atoms with E-state index in [-0.39, 0.29) is 18.0 Å². The number of anilines is 1. The Balaban J connectivity index is 2.15. The summed E-state index contributed by atoms with van der Waals surface area (Å²) in [4.78, 5) is 0. The average molecular weight is 301 g/mol. The molecule has 0 unspecified atom stereocenters. The van der Waals surface area contributed by atoms with Crippen molar-refractivity contribution >= 4 is 5.69 Å². The van der Waals surface area contributed by atoms with Crippen molar-refractivity contribution in [1.29, 1.82) is 0 Å². The van der Waals surface area contributed by atoms with Gasteiger partial charge < -0.3 is 5.32 Å². The zero-order valence-corrected chi connectivity index (χ0v) is 11.1. The summed E-state index contributed by atoms with van der Waals surface area (Å²) < 4.78 is 64.2. The molecule has 1 N–H and O–H groups in total. The zero-order chi connectivity index (χ0) is 15.6. The number of benzene rings is 2. The minimum atomic E-state index is -4.75. The molecule has 0 aromatic heterocycles. The Morgan fingerprint density at radius 3 is 2.29 bits per heavy atom. The van der Waals surface area contributed by atoms with E-state index in [0.717, 1.165) is 6.07 Å². The highest BCUT2D eigenvalue weighted by Gasteiger charge is 2.34. The van der Waals surface area contributed by atoms with Gasteiger partial charge in [-0.05, 0) is 42.3 Å². The van der Waals surface area contributed by atoms with E-state index in [4.69, 9.17) is 0 Å². The van der Waals surface area contributed by atoms with Gasteiger partial charge in [-0.2, -0.15) is 13.2 Å². The third kappa shape index (κ3) is 3.71. The summed E-state index contributed by atoms with van der Waals surface area (Å²) in [5.41, 5.74) is -0.150. The number of aryl methyl sites for hydroxylation is 1. The molecule has 0 saturated heterocycles. The lowest BCUT2D eigenvalue weighted by Gasteiger charge is -2.12. The van der Waals surface area contributed by atoms with Crippen LogP contribution >= 0.6 is 0 Å². The van der Waals surface area contributed by atoms with Gasteiger partial charge in [0.05, 0.1) is 5.56 Å². The molecule has 6 heteroatoms. The Morgan fingerprint density at radius 2 is 1.67 bits per heavy atom. The first-order valence-corrected chi connectivity index (χ1v) is 6.13. The van der Waals surface area contributed by atoms with Gasteiger partial charge in [0.25, 0.3) is 0 Å². The maximum absolute atomic E-state index is 13.4. The van der Waals surface area contributed by atoms with Crippen LogP contribution in [-0.4, -0.2) is 0 Å². The van der Waals surface area contributed by atoms with Gasteiger partial charge in [-0.15, -0.1) is 0 Å². The van der Waals surface area contributed by atoms with Crippen LogP contribution in [0.1, 0.15) is 16.7 Å². The summed E-state index contributed by atoms with van der Waals surface area (Å²) in [7, 11) is 0. The normalized spacial score (nSPS) is 11.5. The van der Waals surface area contributed by atoms with E-state index in [0.29, 0.717) is 17.2 Å². The van der Waals surface area contributed by atoms with Gasteiger partial charge in [0.2, 0.25) is 0 Å². The first-order chi connectivity index (χ1) is 9.77. The Kier molecular flexibility index (Phi) is 4.16. The van der Waals surface area contributed by atoms with Crippen LogP contribution in [-0.2, 0) is 12.7 Å². The second-order valence-corrected chi connectivity index (χ2v) is 4.63. The number of hydrogen-bond donors (Lipinski definition) is 1. The van der Waals surface area contributed by atoms with Gasteiger partial charge >= 0.3 is 6.18 Å². The van der Waals surface area contributed by atoms with Gasteiger partial charge in [-0.1, -0.05) is 12.1 Å². The number of hydrogen-bond acceptors (Lipinski definition) is 1. The van der Waals surface area contributed by atoms with Crippen molar-refractivity contribution in [3.63, 3.8) is 0 Å². The van der Waals surface area contributed by atoms with E-state index in [2.05, 4.69) is 5.32 Å². The highest BCUT2D eigenvalue weighted by Crippen LogP contribution is 2.33. The molecule has 0 amide bonds. The van der Waals surface area contributed by atoms with Crippen molar-refractivity contribution in [2.75, 3.05) is 5.32 Å². The minimum Gasteiger partial charge on any atom is -0.381 e. The molecule has 0 bridgehead atoms. The molecule has 112 valence electrons. The SMILES string of the molecule is Cc1ccc(CNc2ccc(F)c(C(F)(F)F)c2)cc1F. The van der Waals surface area contributed by atoms with E-state index in [1.165, 1.54) is 12.1 Å². The van der Waals surface area contributed by atoms with Crippen LogP contribution < -0.4 is 5.32 Å². The smallest absolute Gasteiger partial charge is 0.381 e. The van der Waals surface area contributed by atoms with Crippen molar-refractivity contribution in [3.05, 3.63) is 64.7 Å². The Labute approximate surface area is 118 Å². The number of halogens is 5. The third-order valence-electron chi connectivity index (χ3n) is 3.00. The van der Waals surface area contributed by atoms with Crippen LogP contribution in [0.15, 0.2) is 36.4 Å². The largest absolute Gasteiger partial charge is 0.419 e. The molecule has 1 nitrogen and oxygen atoms in total. The van der Waals surface area contributed by atoms with Gasteiger partial charge in [0.1, 0.15) is 11.6 Å². The summed E-state index contributed by atoms with van der Waals surface area (Å²) in [5, 5.41) is 2.71. The summed E-state index contributed by atoms with van der Waals surface area (Å²) in [6.07, 6.45) is -4.75. The predicted molar refractivity (Wildman–Crippen MR) is 69.9 cm³/mol. The lowest BCUT2D eigenvalue weighted by molar-refractivity contribution is -0.139. The average Bonchev–Trinajstić information content (AvgIpc) is 2.40. The highest BCUT2D eigenvalue weighted by molar-refractivity contribution is 5.47. The molecule has 0 radical (unpaired) electrons. The Hall–Kier alpha value is -2.11. The summed E-state index contributed by atoms with van der Waals surface area (Å²) in [6, 6.07) is 7.20. The predicted octanol–water partition coefficient (Wildman–Crippen LogP) is 4.90. The Bertz CT molecular complexity index is 649. The van der Waals surface area contributed by atoms with Gasteiger partial charge in [-0.25, -0.2) is 8.78 Å². The zero-order valence-electron chi connectivity index (χ0n) is 11.1. The van der Waals surface area contributed by atoms with Crippen LogP contribution in [0, 0.1) is 18.6 Å². The quantitative estimate of drug-likeness (QED) is 0.795. The number of rotatable bonds is 3. The van der Waals surface area contributed by atoms with Crippen molar-refractivity contribution in [3.8, 4) is 0 Å². The molecule has 0 aliphatic rings. The van der Waals surface area contributed by atoms with Crippen molar-refractivity contribution < 1.29 is 22.0 Å². The number of alkyl halides is 3. The maximum atomic E-state index is 13.4. The van der Waals surface area contributed by atoms with E-state index in [9.17, 15) is 22.0 Å². The fraction of sp³-hybridized carbons (Fsp3) is 0.200. The second-order valence-electron chi connectivity index (χ2n) is 4.63. The molecular formula is C15H12F5N. The fourth-order valence-corrected chi connectivity index (χ4v) is 1.80. The van der Waals surface area contributed by atoms with E-state index in [1.807, 2.05) is 0 Å². The van der Waals surface area contributed by atoms with Crippen molar-refractivity contribution in [1.82, 2.24) is 0 Å². The lowest BCUT2D eigenvalue weighted by Crippen LogP contribution is -2.09. The number of nitrogens with one attached hydrogen (secondary N) is 1. The van der Waals surface area contributed by atoms with Gasteiger partial charge in [-0.3, -0.25) is 0 Å². The second kappa shape index (κ2) is 5.71. The molecule has 2 aromatic carbocycles. The molecular weight excluding hydrogens is 289 g/mol. The van der Waals surface area contributed by atoms with E-state index in [1.54, 1.807) is 19.1 Å². The van der Waals surface area contributed by atoms with Gasteiger partial charge in [0.15, 0.2) is 0 Å². The first kappa shape index (κ1) is 15.3. The monoisotopic (exact) mass is 301 g/mol. The maximum Gasteiger partial charge on any atom is 0.419 e. The molecule has 21 heavy (non-hydrogen) atoms. The topological polar surface area (TPSA) is 12.0 Å². The lowest BCUT2D eigenvalue weighted by atomic mass is 10.1. The van der Waals surface area contributed by atoms with E-state index >= 15 is 0 Å². The highest BCUT2D eigenvalue weighted by atomic mass is 19.4. The van der Waals surface area contributed by atoms with Crippen LogP contribution in [0.25, 0.3) is 0 Å². The van der Waals surface area contributed by atoms with Crippen molar-refractivity contribution in [2.24, 2.45) is 0 Å².